The summed E-state index contributed by atoms with van der Waals surface area (Å²) < 4.78 is 6.32. The van der Waals surface area contributed by atoms with Gasteiger partial charge in [-0.2, -0.15) is 0 Å². The van der Waals surface area contributed by atoms with Gasteiger partial charge in [-0.3, -0.25) is 0 Å². The molecule has 0 saturated heterocycles. The second-order valence-electron chi connectivity index (χ2n) is 14.1. The Bertz CT molecular complexity index is 2860. The van der Waals surface area contributed by atoms with Gasteiger partial charge in [-0.1, -0.05) is 152 Å². The van der Waals surface area contributed by atoms with Crippen LogP contribution >= 0.6 is 0 Å². The van der Waals surface area contributed by atoms with E-state index in [0.717, 1.165) is 44.3 Å². The van der Waals surface area contributed by atoms with Crippen LogP contribution in [0.15, 0.2) is 174 Å². The number of furan rings is 1. The molecule has 2 N–H and O–H groups in total. The van der Waals surface area contributed by atoms with Crippen molar-refractivity contribution in [3.05, 3.63) is 198 Å². The summed E-state index contributed by atoms with van der Waals surface area (Å²) in [6.45, 7) is 0.504. The number of aromatic nitrogens is 3. The van der Waals surface area contributed by atoms with E-state index in [-0.39, 0.29) is 0 Å². The zero-order chi connectivity index (χ0) is 35.8. The predicted octanol–water partition coefficient (Wildman–Crippen LogP) is 11.1. The Morgan fingerprint density at radius 2 is 1.00 bits per heavy atom. The summed E-state index contributed by atoms with van der Waals surface area (Å²) in [4.78, 5) is 15.2. The van der Waals surface area contributed by atoms with Crippen molar-refractivity contribution >= 4 is 11.0 Å². The number of fused-ring (bicyclic) bond motifs is 12. The van der Waals surface area contributed by atoms with Gasteiger partial charge in [-0.15, -0.1) is 0 Å². The standard InChI is InChI=1S/C49H32N4O/c50-28-30-19-21-31(22-20-30)38-29-54-43-26-25-41-44(45(38)43)37-16-8-10-18-40(37)49(41)39-17-9-7-15-35(39)36-24-23-34(27-42(36)49)48-52-46(32-11-3-1-4-12-32)51-47(53-48)33-13-5-2-6-14-33/h1-27,29H,28,50H2. The lowest BCUT2D eigenvalue weighted by Gasteiger charge is -2.30. The summed E-state index contributed by atoms with van der Waals surface area (Å²) >= 11 is 0. The molecule has 1 unspecified atom stereocenters. The van der Waals surface area contributed by atoms with E-state index < -0.39 is 5.41 Å². The van der Waals surface area contributed by atoms with Crippen molar-refractivity contribution in [2.75, 3.05) is 0 Å². The molecule has 2 aliphatic rings. The van der Waals surface area contributed by atoms with Gasteiger partial charge in [0.05, 0.1) is 11.7 Å². The molecule has 1 atom stereocenters. The number of hydrogen-bond donors (Lipinski definition) is 1. The van der Waals surface area contributed by atoms with Gasteiger partial charge in [-0.05, 0) is 67.8 Å². The molecule has 0 aliphatic heterocycles. The molecule has 2 heterocycles. The zero-order valence-electron chi connectivity index (χ0n) is 29.2. The Kier molecular flexibility index (Phi) is 6.69. The average molecular weight is 693 g/mol. The molecule has 0 bridgehead atoms. The molecule has 1 spiro atoms. The Balaban J connectivity index is 1.18. The van der Waals surface area contributed by atoms with Crippen molar-refractivity contribution < 1.29 is 4.42 Å². The second-order valence-corrected chi connectivity index (χ2v) is 14.1. The number of hydrogen-bond acceptors (Lipinski definition) is 5. The smallest absolute Gasteiger partial charge is 0.164 e. The zero-order valence-corrected chi connectivity index (χ0v) is 29.2. The van der Waals surface area contributed by atoms with Crippen molar-refractivity contribution in [2.24, 2.45) is 5.73 Å². The summed E-state index contributed by atoms with van der Waals surface area (Å²) in [6, 6.07) is 57.7. The average Bonchev–Trinajstić information content (AvgIpc) is 3.91. The summed E-state index contributed by atoms with van der Waals surface area (Å²) in [7, 11) is 0. The first-order valence-corrected chi connectivity index (χ1v) is 18.3. The Morgan fingerprint density at radius 3 is 1.67 bits per heavy atom. The van der Waals surface area contributed by atoms with Crippen LogP contribution in [-0.2, 0) is 12.0 Å². The van der Waals surface area contributed by atoms with E-state index >= 15 is 0 Å². The van der Waals surface area contributed by atoms with E-state index in [2.05, 4.69) is 103 Å². The topological polar surface area (TPSA) is 77.8 Å². The van der Waals surface area contributed by atoms with E-state index in [1.807, 2.05) is 66.9 Å². The fourth-order valence-electron chi connectivity index (χ4n) is 8.87. The van der Waals surface area contributed by atoms with Crippen LogP contribution in [0.3, 0.4) is 0 Å². The van der Waals surface area contributed by atoms with Gasteiger partial charge < -0.3 is 10.2 Å². The summed E-state index contributed by atoms with van der Waals surface area (Å²) in [5, 5.41) is 1.12. The van der Waals surface area contributed by atoms with Gasteiger partial charge in [-0.25, -0.2) is 15.0 Å². The molecule has 0 radical (unpaired) electrons. The lowest BCUT2D eigenvalue weighted by atomic mass is 9.70. The van der Waals surface area contributed by atoms with E-state index in [1.54, 1.807) is 0 Å². The molecule has 2 aliphatic carbocycles. The molecule has 2 aromatic heterocycles. The first-order chi connectivity index (χ1) is 26.7. The highest BCUT2D eigenvalue weighted by Gasteiger charge is 2.52. The number of nitrogens with two attached hydrogens (primary N) is 1. The number of nitrogens with zero attached hydrogens (tertiary/aromatic N) is 3. The van der Waals surface area contributed by atoms with Crippen molar-refractivity contribution in [1.82, 2.24) is 15.0 Å². The molecule has 5 heteroatoms. The molecule has 0 amide bonds. The van der Waals surface area contributed by atoms with Gasteiger partial charge in [0.25, 0.3) is 0 Å². The Morgan fingerprint density at radius 1 is 0.444 bits per heavy atom. The van der Waals surface area contributed by atoms with Crippen molar-refractivity contribution in [3.8, 4) is 67.5 Å². The van der Waals surface area contributed by atoms with E-state index in [4.69, 9.17) is 25.1 Å². The minimum absolute atomic E-state index is 0.504. The van der Waals surface area contributed by atoms with Crippen LogP contribution in [-0.4, -0.2) is 15.0 Å². The first kappa shape index (κ1) is 30.7. The van der Waals surface area contributed by atoms with Gasteiger partial charge in [0.1, 0.15) is 5.58 Å². The lowest BCUT2D eigenvalue weighted by Crippen LogP contribution is -2.25. The second kappa shape index (κ2) is 11.8. The maximum Gasteiger partial charge on any atom is 0.164 e. The van der Waals surface area contributed by atoms with Crippen LogP contribution in [0.5, 0.6) is 0 Å². The maximum atomic E-state index is 6.32. The highest BCUT2D eigenvalue weighted by molar-refractivity contribution is 6.10. The highest BCUT2D eigenvalue weighted by atomic mass is 16.3. The fraction of sp³-hybridized carbons (Fsp3) is 0.0408. The molecule has 0 saturated carbocycles. The largest absolute Gasteiger partial charge is 0.464 e. The molecular formula is C49H32N4O. The minimum Gasteiger partial charge on any atom is -0.464 e. The Labute approximate surface area is 312 Å². The van der Waals surface area contributed by atoms with Crippen LogP contribution in [0.25, 0.3) is 78.5 Å². The van der Waals surface area contributed by atoms with Crippen molar-refractivity contribution in [2.45, 2.75) is 12.0 Å². The lowest BCUT2D eigenvalue weighted by molar-refractivity contribution is 0.617. The molecule has 7 aromatic carbocycles. The van der Waals surface area contributed by atoms with E-state index in [9.17, 15) is 0 Å². The van der Waals surface area contributed by atoms with Crippen molar-refractivity contribution in [3.63, 3.8) is 0 Å². The third-order valence-electron chi connectivity index (χ3n) is 11.2. The van der Waals surface area contributed by atoms with Crippen LogP contribution in [0, 0.1) is 0 Å². The van der Waals surface area contributed by atoms with Gasteiger partial charge in [0, 0.05) is 34.2 Å². The van der Waals surface area contributed by atoms with E-state index in [0.29, 0.717) is 24.0 Å². The monoisotopic (exact) mass is 692 g/mol. The predicted molar refractivity (Wildman–Crippen MR) is 216 cm³/mol. The quantitative estimate of drug-likeness (QED) is 0.194. The summed E-state index contributed by atoms with van der Waals surface area (Å²) in [5.41, 5.74) is 22.2. The Hall–Kier alpha value is -6.95. The van der Waals surface area contributed by atoms with Crippen LogP contribution in [0.4, 0.5) is 0 Å². The first-order valence-electron chi connectivity index (χ1n) is 18.3. The normalized spacial score (nSPS) is 14.9. The maximum absolute atomic E-state index is 6.32. The van der Waals surface area contributed by atoms with Crippen molar-refractivity contribution in [1.29, 1.82) is 0 Å². The van der Waals surface area contributed by atoms with Gasteiger partial charge in [0.15, 0.2) is 17.5 Å². The van der Waals surface area contributed by atoms with Crippen LogP contribution < -0.4 is 5.73 Å². The highest BCUT2D eigenvalue weighted by Crippen LogP contribution is 2.64. The third-order valence-corrected chi connectivity index (χ3v) is 11.2. The molecule has 254 valence electrons. The molecule has 54 heavy (non-hydrogen) atoms. The molecule has 5 nitrogen and oxygen atoms in total. The van der Waals surface area contributed by atoms with Crippen LogP contribution in [0.1, 0.15) is 27.8 Å². The molecule has 9 aromatic rings. The van der Waals surface area contributed by atoms with Gasteiger partial charge in [0.2, 0.25) is 0 Å². The summed E-state index contributed by atoms with van der Waals surface area (Å²) in [6.07, 6.45) is 1.90. The van der Waals surface area contributed by atoms with E-state index in [1.165, 1.54) is 44.5 Å². The third kappa shape index (κ3) is 4.33. The molecule has 11 rings (SSSR count). The molecule has 0 fully saturated rings. The van der Waals surface area contributed by atoms with Gasteiger partial charge >= 0.3 is 0 Å². The molecular weight excluding hydrogens is 661 g/mol. The summed E-state index contributed by atoms with van der Waals surface area (Å²) in [5.74, 6) is 1.92. The minimum atomic E-state index is -0.572. The fourth-order valence-corrected chi connectivity index (χ4v) is 8.87. The number of benzene rings is 7. The SMILES string of the molecule is NCc1ccc(-c2coc3ccc4c(c23)-c2ccccc2C42c3ccccc3-c3ccc(-c4nc(-c5ccccc5)nc(-c5ccccc5)n4)cc32)cc1. The van der Waals surface area contributed by atoms with Crippen LogP contribution in [0.2, 0.25) is 0 Å². The number of rotatable bonds is 5.